The van der Waals surface area contributed by atoms with Crippen molar-refractivity contribution in [3.05, 3.63) is 58.1 Å². The highest BCUT2D eigenvalue weighted by Crippen LogP contribution is 2.32. The smallest absolute Gasteiger partial charge is 0.232 e. The summed E-state index contributed by atoms with van der Waals surface area (Å²) in [6.45, 7) is 12.3. The Balaban J connectivity index is 2.07. The van der Waals surface area contributed by atoms with E-state index in [1.807, 2.05) is 52.0 Å². The fourth-order valence-electron chi connectivity index (χ4n) is 4.06. The number of benzene rings is 2. The number of carbonyl (C=O) groups is 1. The molecule has 33 heavy (non-hydrogen) atoms. The Labute approximate surface area is 199 Å². The highest BCUT2D eigenvalue weighted by Gasteiger charge is 2.21. The van der Waals surface area contributed by atoms with Gasteiger partial charge in [0.15, 0.2) is 0 Å². The van der Waals surface area contributed by atoms with Gasteiger partial charge < -0.3 is 10.1 Å². The molecule has 1 unspecified atom stereocenters. The van der Waals surface area contributed by atoms with E-state index in [-0.39, 0.29) is 24.9 Å². The SMILES string of the molecule is COc1cc(C)c(C(C)NC(=O)CCCN(c2cccc(C)c2C)S(C)(=O)=O)cc1C(C)C. The van der Waals surface area contributed by atoms with Crippen molar-refractivity contribution in [2.75, 3.05) is 24.2 Å². The summed E-state index contributed by atoms with van der Waals surface area (Å²) in [4.78, 5) is 12.7. The Morgan fingerprint density at radius 1 is 1.06 bits per heavy atom. The summed E-state index contributed by atoms with van der Waals surface area (Å²) in [5.74, 6) is 1.06. The minimum absolute atomic E-state index is 0.0989. The average Bonchev–Trinajstić information content (AvgIpc) is 2.72. The molecule has 0 bridgehead atoms. The number of anilines is 1. The van der Waals surface area contributed by atoms with Gasteiger partial charge in [-0.15, -0.1) is 0 Å². The van der Waals surface area contributed by atoms with E-state index < -0.39 is 10.0 Å². The second-order valence-electron chi connectivity index (χ2n) is 9.05. The number of rotatable bonds is 10. The van der Waals surface area contributed by atoms with Crippen LogP contribution in [0.1, 0.15) is 73.4 Å². The Kier molecular flexibility index (Phi) is 8.95. The lowest BCUT2D eigenvalue weighted by molar-refractivity contribution is -0.121. The van der Waals surface area contributed by atoms with Gasteiger partial charge in [0.25, 0.3) is 0 Å². The Morgan fingerprint density at radius 2 is 1.73 bits per heavy atom. The molecule has 6 nitrogen and oxygen atoms in total. The second-order valence-corrected chi connectivity index (χ2v) is 11.0. The highest BCUT2D eigenvalue weighted by molar-refractivity contribution is 7.92. The van der Waals surface area contributed by atoms with Gasteiger partial charge >= 0.3 is 0 Å². The number of methoxy groups -OCH3 is 1. The lowest BCUT2D eigenvalue weighted by Crippen LogP contribution is -2.33. The zero-order valence-electron chi connectivity index (χ0n) is 21.2. The van der Waals surface area contributed by atoms with Crippen molar-refractivity contribution in [3.8, 4) is 5.75 Å². The maximum Gasteiger partial charge on any atom is 0.232 e. The summed E-state index contributed by atoms with van der Waals surface area (Å²) in [6, 6.07) is 9.58. The van der Waals surface area contributed by atoms with E-state index in [0.717, 1.165) is 33.6 Å². The predicted molar refractivity (Wildman–Crippen MR) is 136 cm³/mol. The molecule has 7 heteroatoms. The van der Waals surface area contributed by atoms with Crippen molar-refractivity contribution in [2.24, 2.45) is 0 Å². The molecule has 0 fully saturated rings. The van der Waals surface area contributed by atoms with E-state index in [1.54, 1.807) is 7.11 Å². The largest absolute Gasteiger partial charge is 0.496 e. The zero-order valence-corrected chi connectivity index (χ0v) is 22.0. The standard InChI is InChI=1S/C26H38N2O4S/c1-17(2)22-16-23(19(4)15-25(22)32-7)21(6)27-26(29)13-10-14-28(33(8,30)31)24-12-9-11-18(3)20(24)5/h9,11-12,15-17,21H,10,13-14H2,1-8H3,(H,27,29). The van der Waals surface area contributed by atoms with Crippen LogP contribution in [-0.4, -0.2) is 34.2 Å². The monoisotopic (exact) mass is 474 g/mol. The summed E-state index contributed by atoms with van der Waals surface area (Å²) in [5, 5.41) is 3.07. The van der Waals surface area contributed by atoms with Crippen molar-refractivity contribution in [2.45, 2.75) is 66.3 Å². The van der Waals surface area contributed by atoms with Crippen molar-refractivity contribution in [1.29, 1.82) is 0 Å². The van der Waals surface area contributed by atoms with E-state index in [0.29, 0.717) is 18.0 Å². The maximum atomic E-state index is 12.7. The van der Waals surface area contributed by atoms with Gasteiger partial charge in [0.05, 0.1) is 25.1 Å². The summed E-state index contributed by atoms with van der Waals surface area (Å²) < 4.78 is 31.8. The fourth-order valence-corrected chi connectivity index (χ4v) is 5.07. The minimum Gasteiger partial charge on any atom is -0.496 e. The van der Waals surface area contributed by atoms with Crippen molar-refractivity contribution < 1.29 is 17.9 Å². The summed E-state index contributed by atoms with van der Waals surface area (Å²) in [6.07, 6.45) is 1.88. The minimum atomic E-state index is -3.46. The van der Waals surface area contributed by atoms with E-state index in [9.17, 15) is 13.2 Å². The van der Waals surface area contributed by atoms with Gasteiger partial charge in [-0.05, 0) is 86.1 Å². The lowest BCUT2D eigenvalue weighted by Gasteiger charge is -2.25. The molecule has 2 aromatic rings. The van der Waals surface area contributed by atoms with Crippen LogP contribution in [0.3, 0.4) is 0 Å². The molecule has 182 valence electrons. The molecular weight excluding hydrogens is 436 g/mol. The number of aryl methyl sites for hydroxylation is 2. The molecule has 0 radical (unpaired) electrons. The van der Waals surface area contributed by atoms with Crippen LogP contribution in [0.2, 0.25) is 0 Å². The molecular formula is C26H38N2O4S. The second kappa shape index (κ2) is 11.1. The highest BCUT2D eigenvalue weighted by atomic mass is 32.2. The number of hydrogen-bond donors (Lipinski definition) is 1. The average molecular weight is 475 g/mol. The topological polar surface area (TPSA) is 75.7 Å². The number of carbonyl (C=O) groups excluding carboxylic acids is 1. The molecule has 0 aliphatic carbocycles. The first kappa shape index (κ1) is 26.7. The van der Waals surface area contributed by atoms with Gasteiger partial charge in [0.1, 0.15) is 5.75 Å². The van der Waals surface area contributed by atoms with Crippen LogP contribution < -0.4 is 14.4 Å². The number of amides is 1. The van der Waals surface area contributed by atoms with Crippen molar-refractivity contribution >= 4 is 21.6 Å². The van der Waals surface area contributed by atoms with E-state index in [1.165, 1.54) is 10.6 Å². The Bertz CT molecular complexity index is 1090. The molecule has 2 rings (SSSR count). The fraction of sp³-hybridized carbons (Fsp3) is 0.500. The first-order valence-corrected chi connectivity index (χ1v) is 13.2. The molecule has 1 amide bonds. The van der Waals surface area contributed by atoms with Gasteiger partial charge in [-0.25, -0.2) is 8.42 Å². The number of hydrogen-bond acceptors (Lipinski definition) is 4. The molecule has 1 N–H and O–H groups in total. The summed E-state index contributed by atoms with van der Waals surface area (Å²) >= 11 is 0. The number of nitrogens with one attached hydrogen (secondary N) is 1. The molecule has 0 heterocycles. The third kappa shape index (κ3) is 6.73. The molecule has 0 saturated heterocycles. The van der Waals surface area contributed by atoms with Crippen LogP contribution in [0, 0.1) is 20.8 Å². The van der Waals surface area contributed by atoms with E-state index in [2.05, 4.69) is 25.2 Å². The van der Waals surface area contributed by atoms with Crippen LogP contribution in [0.15, 0.2) is 30.3 Å². The van der Waals surface area contributed by atoms with Gasteiger partial charge in [-0.1, -0.05) is 26.0 Å². The Morgan fingerprint density at radius 3 is 2.30 bits per heavy atom. The predicted octanol–water partition coefficient (Wildman–Crippen LogP) is 5.17. The van der Waals surface area contributed by atoms with Crippen LogP contribution in [-0.2, 0) is 14.8 Å². The van der Waals surface area contributed by atoms with Crippen LogP contribution in [0.5, 0.6) is 5.75 Å². The van der Waals surface area contributed by atoms with Gasteiger partial charge in [0, 0.05) is 13.0 Å². The molecule has 0 aromatic heterocycles. The van der Waals surface area contributed by atoms with E-state index >= 15 is 0 Å². The first-order chi connectivity index (χ1) is 15.4. The van der Waals surface area contributed by atoms with E-state index in [4.69, 9.17) is 4.74 Å². The normalized spacial score (nSPS) is 12.5. The third-order valence-electron chi connectivity index (χ3n) is 6.09. The van der Waals surface area contributed by atoms with Crippen molar-refractivity contribution in [1.82, 2.24) is 5.32 Å². The molecule has 0 aliphatic rings. The van der Waals surface area contributed by atoms with Crippen LogP contribution in [0.4, 0.5) is 5.69 Å². The molecule has 1 atom stereocenters. The number of ether oxygens (including phenoxy) is 1. The first-order valence-electron chi connectivity index (χ1n) is 11.4. The number of nitrogens with zero attached hydrogens (tertiary/aromatic N) is 1. The lowest BCUT2D eigenvalue weighted by atomic mass is 9.93. The van der Waals surface area contributed by atoms with Gasteiger partial charge in [-0.3, -0.25) is 9.10 Å². The van der Waals surface area contributed by atoms with Gasteiger partial charge in [-0.2, -0.15) is 0 Å². The molecule has 0 aliphatic heterocycles. The van der Waals surface area contributed by atoms with Gasteiger partial charge in [0.2, 0.25) is 15.9 Å². The quantitative estimate of drug-likeness (QED) is 0.516. The van der Waals surface area contributed by atoms with Crippen molar-refractivity contribution in [3.63, 3.8) is 0 Å². The third-order valence-corrected chi connectivity index (χ3v) is 7.27. The Hall–Kier alpha value is -2.54. The van der Waals surface area contributed by atoms with Crippen LogP contribution in [0.25, 0.3) is 0 Å². The molecule has 0 saturated carbocycles. The maximum absolute atomic E-state index is 12.7. The summed E-state index contributed by atoms with van der Waals surface area (Å²) in [7, 11) is -1.79. The number of sulfonamides is 1. The molecule has 2 aromatic carbocycles. The van der Waals surface area contributed by atoms with Crippen LogP contribution >= 0.6 is 0 Å². The molecule has 0 spiro atoms. The zero-order chi connectivity index (χ0) is 24.9. The summed E-state index contributed by atoms with van der Waals surface area (Å²) in [5.41, 5.74) is 5.85.